The van der Waals surface area contributed by atoms with Crippen molar-refractivity contribution in [2.75, 3.05) is 6.54 Å². The normalized spacial score (nSPS) is 23.2. The molecular formula is C32H30F4N4O6. The van der Waals surface area contributed by atoms with Crippen molar-refractivity contribution in [2.45, 2.75) is 89.4 Å². The van der Waals surface area contributed by atoms with Gasteiger partial charge in [0.1, 0.15) is 12.4 Å². The molecule has 242 valence electrons. The predicted molar refractivity (Wildman–Crippen MR) is 154 cm³/mol. The fourth-order valence-electron chi connectivity index (χ4n) is 7.64. The van der Waals surface area contributed by atoms with Crippen LogP contribution in [0.15, 0.2) is 16.9 Å². The van der Waals surface area contributed by atoms with Crippen molar-refractivity contribution in [1.82, 2.24) is 19.8 Å². The number of likely N-dealkylation sites (tertiary alicyclic amines) is 1. The van der Waals surface area contributed by atoms with Crippen LogP contribution in [-0.2, 0) is 44.3 Å². The second-order valence-corrected chi connectivity index (χ2v) is 12.5. The molecule has 1 fully saturated rings. The van der Waals surface area contributed by atoms with Crippen molar-refractivity contribution in [2.24, 2.45) is 0 Å². The van der Waals surface area contributed by atoms with Crippen LogP contribution < -0.4 is 10.9 Å². The SMILES string of the molecule is CC[C@@]1(O)C(=O)OCc2c1cc1n(c2=O)Cc2c-1nc1cc(F)c(C)c3c1c2[C@@H](NC(=O)C[C@H]1CCCN1C(=O)C(F)(F)F)CC3. The summed E-state index contributed by atoms with van der Waals surface area (Å²) < 4.78 is 61.3. The Bertz CT molecular complexity index is 1940. The van der Waals surface area contributed by atoms with Crippen LogP contribution in [0, 0.1) is 12.7 Å². The third kappa shape index (κ3) is 4.36. The molecule has 4 aliphatic rings. The first-order valence-corrected chi connectivity index (χ1v) is 15.2. The molecule has 3 atom stereocenters. The molecule has 2 N–H and O–H groups in total. The van der Waals surface area contributed by atoms with Gasteiger partial charge in [-0.3, -0.25) is 14.4 Å². The third-order valence-electron chi connectivity index (χ3n) is 10.0. The van der Waals surface area contributed by atoms with Gasteiger partial charge in [0.25, 0.3) is 5.56 Å². The number of cyclic esters (lactones) is 1. The first-order chi connectivity index (χ1) is 21.7. The van der Waals surface area contributed by atoms with Gasteiger partial charge in [-0.1, -0.05) is 6.92 Å². The lowest BCUT2D eigenvalue weighted by atomic mass is 9.81. The summed E-state index contributed by atoms with van der Waals surface area (Å²) in [5, 5.41) is 14.8. The summed E-state index contributed by atoms with van der Waals surface area (Å²) in [7, 11) is 0. The van der Waals surface area contributed by atoms with Crippen LogP contribution >= 0.6 is 0 Å². The van der Waals surface area contributed by atoms with Crippen LogP contribution in [0.2, 0.25) is 0 Å². The fraction of sp³-hybridized carbons (Fsp3) is 0.469. The molecule has 14 heteroatoms. The number of rotatable bonds is 4. The number of fused-ring (bicyclic) bond motifs is 5. The number of nitrogens with zero attached hydrogens (tertiary/aromatic N) is 3. The van der Waals surface area contributed by atoms with E-state index in [-0.39, 0.29) is 50.1 Å². The summed E-state index contributed by atoms with van der Waals surface area (Å²) in [4.78, 5) is 57.2. The zero-order chi connectivity index (χ0) is 32.9. The minimum absolute atomic E-state index is 0.0417. The minimum Gasteiger partial charge on any atom is -0.458 e. The van der Waals surface area contributed by atoms with Gasteiger partial charge in [-0.05, 0) is 61.8 Å². The third-order valence-corrected chi connectivity index (χ3v) is 10.0. The Morgan fingerprint density at radius 1 is 1.17 bits per heavy atom. The molecule has 3 aromatic rings. The van der Waals surface area contributed by atoms with Crippen molar-refractivity contribution in [3.63, 3.8) is 0 Å². The highest BCUT2D eigenvalue weighted by Crippen LogP contribution is 2.46. The average Bonchev–Trinajstić information content (AvgIpc) is 3.62. The van der Waals surface area contributed by atoms with E-state index in [4.69, 9.17) is 9.72 Å². The second kappa shape index (κ2) is 10.3. The average molecular weight is 643 g/mol. The minimum atomic E-state index is -5.04. The number of aliphatic hydroxyl groups is 1. The molecule has 5 heterocycles. The van der Waals surface area contributed by atoms with Gasteiger partial charge in [0.2, 0.25) is 5.91 Å². The van der Waals surface area contributed by atoms with E-state index in [1.165, 1.54) is 10.6 Å². The largest absolute Gasteiger partial charge is 0.471 e. The molecule has 0 saturated carbocycles. The number of aromatic nitrogens is 2. The smallest absolute Gasteiger partial charge is 0.458 e. The van der Waals surface area contributed by atoms with Crippen LogP contribution in [0.5, 0.6) is 0 Å². The maximum absolute atomic E-state index is 15.1. The molecule has 2 amide bonds. The number of carbonyl (C=O) groups is 3. The van der Waals surface area contributed by atoms with E-state index in [2.05, 4.69) is 5.32 Å². The Morgan fingerprint density at radius 2 is 1.93 bits per heavy atom. The Kier molecular flexibility index (Phi) is 6.82. The summed E-state index contributed by atoms with van der Waals surface area (Å²) in [6, 6.07) is 1.29. The molecule has 7 rings (SSSR count). The zero-order valence-electron chi connectivity index (χ0n) is 25.0. The molecule has 1 aromatic carbocycles. The van der Waals surface area contributed by atoms with Crippen LogP contribution in [-0.4, -0.2) is 56.1 Å². The maximum Gasteiger partial charge on any atom is 0.471 e. The number of alkyl halides is 3. The first kappa shape index (κ1) is 30.3. The van der Waals surface area contributed by atoms with Gasteiger partial charge in [0, 0.05) is 41.6 Å². The van der Waals surface area contributed by atoms with E-state index < -0.39 is 53.0 Å². The van der Waals surface area contributed by atoms with Crippen molar-refractivity contribution in [3.05, 3.63) is 61.7 Å². The number of amides is 2. The number of ether oxygens (including phenoxy) is 1. The standard InChI is InChI=1S/C32H30F4N4O6/c1-3-31(45)19-10-23-27-17(12-40(23)28(42)18(19)13-46-30(31)44)26-21(7-6-16-14(2)20(33)11-22(38-27)25(16)26)37-24(41)9-15-5-4-8-39(15)29(43)32(34,35)36/h10-11,15,21,45H,3-9,12-13H2,1-2H3,(H,37,41)/t15-,21+,31+/m1/s1. The summed E-state index contributed by atoms with van der Waals surface area (Å²) in [5.74, 6) is -3.84. The van der Waals surface area contributed by atoms with Crippen LogP contribution in [0.1, 0.15) is 78.5 Å². The molecule has 10 nitrogen and oxygen atoms in total. The predicted octanol–water partition coefficient (Wildman–Crippen LogP) is 3.57. The molecule has 46 heavy (non-hydrogen) atoms. The van der Waals surface area contributed by atoms with Gasteiger partial charge in [-0.15, -0.1) is 0 Å². The Hall–Kier alpha value is -4.33. The van der Waals surface area contributed by atoms with Crippen LogP contribution in [0.3, 0.4) is 0 Å². The lowest BCUT2D eigenvalue weighted by molar-refractivity contribution is -0.186. The number of carbonyl (C=O) groups excluding carboxylic acids is 3. The van der Waals surface area contributed by atoms with E-state index in [1.807, 2.05) is 0 Å². The number of halogens is 4. The first-order valence-electron chi connectivity index (χ1n) is 15.2. The topological polar surface area (TPSA) is 131 Å². The molecule has 1 saturated heterocycles. The van der Waals surface area contributed by atoms with Gasteiger partial charge in [0.05, 0.1) is 35.1 Å². The monoisotopic (exact) mass is 642 g/mol. The number of aryl methyl sites for hydroxylation is 1. The lowest BCUT2D eigenvalue weighted by Crippen LogP contribution is -2.45. The zero-order valence-corrected chi connectivity index (χ0v) is 25.0. The van der Waals surface area contributed by atoms with E-state index in [1.54, 1.807) is 19.9 Å². The number of hydrogen-bond donors (Lipinski definition) is 2. The van der Waals surface area contributed by atoms with Gasteiger partial charge < -0.3 is 24.6 Å². The fourth-order valence-corrected chi connectivity index (χ4v) is 7.64. The quantitative estimate of drug-likeness (QED) is 0.257. The Morgan fingerprint density at radius 3 is 2.65 bits per heavy atom. The maximum atomic E-state index is 15.1. The summed E-state index contributed by atoms with van der Waals surface area (Å²) >= 11 is 0. The highest BCUT2D eigenvalue weighted by atomic mass is 19.4. The van der Waals surface area contributed by atoms with Gasteiger partial charge in [-0.2, -0.15) is 13.2 Å². The molecule has 0 spiro atoms. The molecule has 3 aliphatic heterocycles. The highest BCUT2D eigenvalue weighted by molar-refractivity contribution is 5.94. The Labute approximate surface area is 259 Å². The summed E-state index contributed by atoms with van der Waals surface area (Å²) in [5.41, 5.74) is 1.09. The van der Waals surface area contributed by atoms with Crippen molar-refractivity contribution < 1.29 is 41.8 Å². The van der Waals surface area contributed by atoms with Gasteiger partial charge >= 0.3 is 18.1 Å². The molecule has 0 bridgehead atoms. The highest BCUT2D eigenvalue weighted by Gasteiger charge is 2.47. The number of benzene rings is 1. The van der Waals surface area contributed by atoms with Crippen LogP contribution in [0.4, 0.5) is 17.6 Å². The molecule has 0 radical (unpaired) electrons. The second-order valence-electron chi connectivity index (χ2n) is 12.5. The van der Waals surface area contributed by atoms with Crippen molar-refractivity contribution >= 4 is 28.7 Å². The van der Waals surface area contributed by atoms with Gasteiger partial charge in [0.15, 0.2) is 5.60 Å². The molecule has 1 aliphatic carbocycles. The lowest BCUT2D eigenvalue weighted by Gasteiger charge is -2.31. The molecule has 0 unspecified atom stereocenters. The number of esters is 1. The number of hydrogen-bond acceptors (Lipinski definition) is 7. The summed E-state index contributed by atoms with van der Waals surface area (Å²) in [6.07, 6.45) is -4.05. The van der Waals surface area contributed by atoms with Crippen LogP contribution in [0.25, 0.3) is 22.3 Å². The van der Waals surface area contributed by atoms with E-state index in [0.717, 1.165) is 0 Å². The number of pyridine rings is 2. The molecular weight excluding hydrogens is 612 g/mol. The Balaban J connectivity index is 1.32. The van der Waals surface area contributed by atoms with E-state index in [9.17, 15) is 37.5 Å². The van der Waals surface area contributed by atoms with Gasteiger partial charge in [-0.25, -0.2) is 14.2 Å². The van der Waals surface area contributed by atoms with Crippen molar-refractivity contribution in [3.8, 4) is 11.4 Å². The van der Waals surface area contributed by atoms with Crippen molar-refractivity contribution in [1.29, 1.82) is 0 Å². The number of nitrogens with one attached hydrogen (secondary N) is 1. The molecule has 2 aromatic heterocycles. The van der Waals surface area contributed by atoms with E-state index in [0.29, 0.717) is 68.7 Å². The summed E-state index contributed by atoms with van der Waals surface area (Å²) in [6.45, 7) is 2.90. The van der Waals surface area contributed by atoms with E-state index >= 15 is 4.39 Å².